The van der Waals surface area contributed by atoms with Crippen LogP contribution in [0.3, 0.4) is 0 Å². The van der Waals surface area contributed by atoms with E-state index < -0.39 is 0 Å². The van der Waals surface area contributed by atoms with Gasteiger partial charge in [0.1, 0.15) is 11.5 Å². The highest BCUT2D eigenvalue weighted by molar-refractivity contribution is 5.77. The van der Waals surface area contributed by atoms with Crippen molar-refractivity contribution in [3.63, 3.8) is 0 Å². The summed E-state index contributed by atoms with van der Waals surface area (Å²) in [4.78, 5) is 18.6. The summed E-state index contributed by atoms with van der Waals surface area (Å²) >= 11 is 0. The Labute approximate surface area is 129 Å². The number of furan rings is 1. The molecule has 1 fully saturated rings. The highest BCUT2D eigenvalue weighted by atomic mass is 16.3. The fraction of sp³-hybridized carbons (Fsp3) is 0.500. The van der Waals surface area contributed by atoms with Gasteiger partial charge in [0.2, 0.25) is 5.91 Å². The molecule has 3 heterocycles. The van der Waals surface area contributed by atoms with Crippen LogP contribution in [0.1, 0.15) is 29.6 Å². The number of rotatable bonds is 4. The van der Waals surface area contributed by atoms with Gasteiger partial charge in [0.05, 0.1) is 12.0 Å². The lowest BCUT2D eigenvalue weighted by Crippen LogP contribution is -2.32. The van der Waals surface area contributed by atoms with Gasteiger partial charge < -0.3 is 19.6 Å². The van der Waals surface area contributed by atoms with Crippen molar-refractivity contribution in [3.05, 3.63) is 41.9 Å². The first-order valence-corrected chi connectivity index (χ1v) is 7.59. The zero-order valence-electron chi connectivity index (χ0n) is 13.0. The van der Waals surface area contributed by atoms with Crippen LogP contribution in [0.15, 0.2) is 29.1 Å². The fourth-order valence-electron chi connectivity index (χ4n) is 2.98. The Balaban J connectivity index is 1.57. The maximum absolute atomic E-state index is 12.4. The molecule has 1 aliphatic rings. The Morgan fingerprint density at radius 3 is 2.91 bits per heavy atom. The summed E-state index contributed by atoms with van der Waals surface area (Å²) in [6, 6.07) is 3.79. The number of nitrogens with two attached hydrogens (primary N) is 1. The molecule has 1 aliphatic heterocycles. The number of amides is 1. The van der Waals surface area contributed by atoms with Crippen LogP contribution in [0.5, 0.6) is 0 Å². The molecule has 2 atom stereocenters. The van der Waals surface area contributed by atoms with E-state index in [4.69, 9.17) is 10.2 Å². The first-order chi connectivity index (χ1) is 10.5. The van der Waals surface area contributed by atoms with Gasteiger partial charge in [-0.25, -0.2) is 4.98 Å². The molecule has 6 nitrogen and oxygen atoms in total. The van der Waals surface area contributed by atoms with Gasteiger partial charge in [-0.05, 0) is 19.1 Å². The van der Waals surface area contributed by atoms with Crippen molar-refractivity contribution in [2.75, 3.05) is 13.1 Å². The molecule has 2 aromatic heterocycles. The first kappa shape index (κ1) is 14.8. The minimum absolute atomic E-state index is 0.0512. The topological polar surface area (TPSA) is 77.3 Å². The highest BCUT2D eigenvalue weighted by Gasteiger charge is 2.34. The molecular formula is C16H22N4O2. The Kier molecular flexibility index (Phi) is 4.02. The third kappa shape index (κ3) is 3.06. The number of aryl methyl sites for hydroxylation is 3. The number of hydrogen-bond donors (Lipinski definition) is 1. The van der Waals surface area contributed by atoms with Crippen molar-refractivity contribution < 1.29 is 9.21 Å². The third-order valence-electron chi connectivity index (χ3n) is 4.20. The van der Waals surface area contributed by atoms with Crippen LogP contribution in [0.25, 0.3) is 0 Å². The number of likely N-dealkylation sites (tertiary alicyclic amines) is 1. The molecule has 2 aromatic rings. The second-order valence-electron chi connectivity index (χ2n) is 6.05. The Morgan fingerprint density at radius 1 is 1.45 bits per heavy atom. The van der Waals surface area contributed by atoms with E-state index in [1.54, 1.807) is 6.33 Å². The maximum atomic E-state index is 12.4. The van der Waals surface area contributed by atoms with E-state index in [1.807, 2.05) is 41.8 Å². The van der Waals surface area contributed by atoms with Gasteiger partial charge in [0, 0.05) is 51.1 Å². The summed E-state index contributed by atoms with van der Waals surface area (Å²) < 4.78 is 7.41. The van der Waals surface area contributed by atoms with Gasteiger partial charge in [0.25, 0.3) is 0 Å². The molecule has 1 amide bonds. The predicted molar refractivity (Wildman–Crippen MR) is 82.3 cm³/mol. The van der Waals surface area contributed by atoms with Crippen LogP contribution in [-0.2, 0) is 18.3 Å². The van der Waals surface area contributed by atoms with Crippen LogP contribution in [0, 0.1) is 6.92 Å². The van der Waals surface area contributed by atoms with Crippen LogP contribution in [0.4, 0.5) is 0 Å². The van der Waals surface area contributed by atoms with Crippen LogP contribution in [-0.4, -0.2) is 39.5 Å². The number of carbonyl (C=O) groups is 1. The summed E-state index contributed by atoms with van der Waals surface area (Å²) in [7, 11) is 1.94. The quantitative estimate of drug-likeness (QED) is 0.921. The Bertz CT molecular complexity index is 661. The second-order valence-corrected chi connectivity index (χ2v) is 6.05. The van der Waals surface area contributed by atoms with Gasteiger partial charge in [-0.15, -0.1) is 0 Å². The van der Waals surface area contributed by atoms with Crippen molar-refractivity contribution in [2.45, 2.75) is 31.7 Å². The minimum atomic E-state index is -0.0512. The van der Waals surface area contributed by atoms with Crippen LogP contribution < -0.4 is 5.73 Å². The van der Waals surface area contributed by atoms with E-state index >= 15 is 0 Å². The van der Waals surface area contributed by atoms with Gasteiger partial charge in [-0.2, -0.15) is 0 Å². The molecule has 118 valence electrons. The maximum Gasteiger partial charge on any atom is 0.223 e. The third-order valence-corrected chi connectivity index (χ3v) is 4.20. The van der Waals surface area contributed by atoms with E-state index in [0.29, 0.717) is 25.9 Å². The summed E-state index contributed by atoms with van der Waals surface area (Å²) in [6.07, 6.45) is 4.83. The lowest BCUT2D eigenvalue weighted by molar-refractivity contribution is -0.130. The molecule has 0 spiro atoms. The van der Waals surface area contributed by atoms with Crippen molar-refractivity contribution in [1.82, 2.24) is 14.5 Å². The van der Waals surface area contributed by atoms with E-state index in [9.17, 15) is 4.79 Å². The molecule has 6 heteroatoms. The molecule has 22 heavy (non-hydrogen) atoms. The number of hydrogen-bond acceptors (Lipinski definition) is 4. The molecule has 2 N–H and O–H groups in total. The van der Waals surface area contributed by atoms with Crippen molar-refractivity contribution >= 4 is 5.91 Å². The van der Waals surface area contributed by atoms with Crippen LogP contribution in [0.2, 0.25) is 0 Å². The van der Waals surface area contributed by atoms with Crippen molar-refractivity contribution in [3.8, 4) is 0 Å². The van der Waals surface area contributed by atoms with E-state index in [2.05, 4.69) is 4.98 Å². The van der Waals surface area contributed by atoms with Gasteiger partial charge >= 0.3 is 0 Å². The average molecular weight is 302 g/mol. The zero-order valence-corrected chi connectivity index (χ0v) is 13.0. The zero-order chi connectivity index (χ0) is 15.7. The summed E-state index contributed by atoms with van der Waals surface area (Å²) in [5.41, 5.74) is 7.16. The Hall–Kier alpha value is -2.08. The summed E-state index contributed by atoms with van der Waals surface area (Å²) in [5.74, 6) is 1.98. The van der Waals surface area contributed by atoms with E-state index in [0.717, 1.165) is 17.2 Å². The normalized spacial score (nSPS) is 21.5. The molecule has 0 aromatic carbocycles. The molecule has 0 unspecified atom stereocenters. The number of imidazole rings is 1. The lowest BCUT2D eigenvalue weighted by Gasteiger charge is -2.15. The van der Waals surface area contributed by atoms with Gasteiger partial charge in [0.15, 0.2) is 0 Å². The molecule has 3 rings (SSSR count). The number of nitrogens with zero attached hydrogens (tertiary/aromatic N) is 3. The molecule has 0 radical (unpaired) electrons. The number of aromatic nitrogens is 2. The van der Waals surface area contributed by atoms with Crippen molar-refractivity contribution in [2.24, 2.45) is 12.8 Å². The Morgan fingerprint density at radius 2 is 2.27 bits per heavy atom. The molecule has 0 bridgehead atoms. The molecule has 0 aliphatic carbocycles. The van der Waals surface area contributed by atoms with Gasteiger partial charge in [-0.1, -0.05) is 0 Å². The van der Waals surface area contributed by atoms with E-state index in [1.165, 1.54) is 0 Å². The van der Waals surface area contributed by atoms with Crippen molar-refractivity contribution in [1.29, 1.82) is 0 Å². The van der Waals surface area contributed by atoms with Crippen LogP contribution >= 0.6 is 0 Å². The first-order valence-electron chi connectivity index (χ1n) is 7.59. The lowest BCUT2D eigenvalue weighted by atomic mass is 10.0. The largest absolute Gasteiger partial charge is 0.466 e. The molecular weight excluding hydrogens is 280 g/mol. The standard InChI is InChI=1S/C16H22N4O2/c1-11-3-4-12(22-11)5-6-16(21)20-7-13(14(17)8-20)15-9-19(2)10-18-15/h3-4,9-10,13-14H,5-8,17H2,1-2H3/t13-,14-/m1/s1. The highest BCUT2D eigenvalue weighted by Crippen LogP contribution is 2.25. The predicted octanol–water partition coefficient (Wildman–Crippen LogP) is 1.21. The summed E-state index contributed by atoms with van der Waals surface area (Å²) in [6.45, 7) is 3.15. The molecule has 1 saturated heterocycles. The average Bonchev–Trinajstić information content (AvgIpc) is 3.17. The fourth-order valence-corrected chi connectivity index (χ4v) is 2.98. The SMILES string of the molecule is Cc1ccc(CCC(=O)N2C[C@@H](N)[C@H](c3cn(C)cn3)C2)o1. The van der Waals surface area contributed by atoms with E-state index in [-0.39, 0.29) is 17.9 Å². The monoisotopic (exact) mass is 302 g/mol. The number of carbonyl (C=O) groups excluding carboxylic acids is 1. The van der Waals surface area contributed by atoms with Gasteiger partial charge in [-0.3, -0.25) is 4.79 Å². The minimum Gasteiger partial charge on any atom is -0.466 e. The summed E-state index contributed by atoms with van der Waals surface area (Å²) in [5, 5.41) is 0. The smallest absolute Gasteiger partial charge is 0.223 e. The molecule has 0 saturated carbocycles. The second kappa shape index (κ2) is 5.96.